The molecule has 1 aromatic heterocycles. The number of hydrogen-bond acceptors (Lipinski definition) is 8. The summed E-state index contributed by atoms with van der Waals surface area (Å²) < 4.78 is 69.7. The molecule has 10 nitrogen and oxygen atoms in total. The second-order valence-corrected chi connectivity index (χ2v) is 12.4. The minimum atomic E-state index is -3.47. The van der Waals surface area contributed by atoms with E-state index in [0.29, 0.717) is 61.2 Å². The van der Waals surface area contributed by atoms with Gasteiger partial charge in [-0.2, -0.15) is 19.4 Å². The first-order chi connectivity index (χ1) is 20.1. The average Bonchev–Trinajstić information content (AvgIpc) is 3.80. The normalized spacial score (nSPS) is 18.5. The summed E-state index contributed by atoms with van der Waals surface area (Å²) >= 11 is 0. The maximum atomic E-state index is 12.6. The van der Waals surface area contributed by atoms with Crippen LogP contribution >= 0.6 is 10.6 Å². The smallest absolute Gasteiger partial charge is 0.387 e. The van der Waals surface area contributed by atoms with Crippen molar-refractivity contribution in [3.63, 3.8) is 0 Å². The molecule has 0 radical (unpaired) electrons. The highest BCUT2D eigenvalue weighted by Gasteiger charge is 2.57. The summed E-state index contributed by atoms with van der Waals surface area (Å²) in [6, 6.07) is 13.4. The van der Waals surface area contributed by atoms with Gasteiger partial charge in [-0.3, -0.25) is 9.11 Å². The third kappa shape index (κ3) is 6.26. The number of carbonyl (C=O) groups is 1. The number of rotatable bonds is 10. The summed E-state index contributed by atoms with van der Waals surface area (Å²) in [4.78, 5) is 23.8. The van der Waals surface area contributed by atoms with Crippen molar-refractivity contribution in [1.29, 1.82) is 0 Å². The Balaban J connectivity index is 1.50. The van der Waals surface area contributed by atoms with E-state index >= 15 is 0 Å². The molecule has 14 heteroatoms. The number of anilines is 2. The van der Waals surface area contributed by atoms with Gasteiger partial charge < -0.3 is 25.0 Å². The second-order valence-electron chi connectivity index (χ2n) is 10.1. The molecule has 2 aliphatic rings. The Bertz CT molecular complexity index is 1390. The van der Waals surface area contributed by atoms with E-state index in [1.54, 1.807) is 30.3 Å². The van der Waals surface area contributed by atoms with E-state index in [9.17, 15) is 27.1 Å². The SMILES string of the molecule is C[C@H]1COCCN1c1cc(C2(S(O)(O)c3ccc(OC(F)F)cc3)CC2)nc(-c2ccc(NC(=O)NCCF)cc2)n1. The molecule has 2 fully saturated rings. The monoisotopic (exact) mass is 607 g/mol. The molecule has 2 heterocycles. The molecule has 0 bridgehead atoms. The highest BCUT2D eigenvalue weighted by atomic mass is 32.3. The van der Waals surface area contributed by atoms with Gasteiger partial charge in [0.1, 0.15) is 23.0 Å². The molecule has 0 spiro atoms. The van der Waals surface area contributed by atoms with Crippen LogP contribution in [-0.4, -0.2) is 70.7 Å². The lowest BCUT2D eigenvalue weighted by Gasteiger charge is -2.41. The van der Waals surface area contributed by atoms with Gasteiger partial charge in [-0.25, -0.2) is 19.2 Å². The number of halogens is 3. The molecule has 5 rings (SSSR count). The first kappa shape index (κ1) is 29.9. The molecule has 0 unspecified atom stereocenters. The van der Waals surface area contributed by atoms with Crippen LogP contribution in [0.2, 0.25) is 0 Å². The number of benzene rings is 2. The van der Waals surface area contributed by atoms with Gasteiger partial charge in [-0.1, -0.05) is 0 Å². The molecule has 1 atom stereocenters. The van der Waals surface area contributed by atoms with E-state index in [1.165, 1.54) is 24.3 Å². The van der Waals surface area contributed by atoms with Gasteiger partial charge in [0.2, 0.25) is 0 Å². The molecule has 42 heavy (non-hydrogen) atoms. The number of nitrogens with zero attached hydrogens (tertiary/aromatic N) is 3. The number of amides is 2. The van der Waals surface area contributed by atoms with Crippen molar-refractivity contribution in [3.8, 4) is 17.1 Å². The van der Waals surface area contributed by atoms with Gasteiger partial charge in [-0.15, -0.1) is 0 Å². The quantitative estimate of drug-likeness (QED) is 0.226. The zero-order valence-electron chi connectivity index (χ0n) is 22.8. The largest absolute Gasteiger partial charge is 0.435 e. The van der Waals surface area contributed by atoms with E-state index in [4.69, 9.17) is 14.7 Å². The Kier molecular flexibility index (Phi) is 8.78. The lowest BCUT2D eigenvalue weighted by Crippen LogP contribution is -2.44. The number of aromatic nitrogens is 2. The van der Waals surface area contributed by atoms with Crippen molar-refractivity contribution in [2.24, 2.45) is 0 Å². The highest BCUT2D eigenvalue weighted by Crippen LogP contribution is 2.75. The molecule has 4 N–H and O–H groups in total. The summed E-state index contributed by atoms with van der Waals surface area (Å²) in [5.41, 5.74) is 1.58. The predicted octanol–water partition coefficient (Wildman–Crippen LogP) is 5.86. The van der Waals surface area contributed by atoms with Crippen molar-refractivity contribution in [2.75, 3.05) is 43.2 Å². The Labute approximate surface area is 242 Å². The third-order valence-corrected chi connectivity index (χ3v) is 9.89. The van der Waals surface area contributed by atoms with E-state index in [0.717, 1.165) is 0 Å². The Morgan fingerprint density at radius 1 is 1.17 bits per heavy atom. The molecule has 1 saturated heterocycles. The number of ether oxygens (including phenoxy) is 2. The van der Waals surface area contributed by atoms with Crippen LogP contribution in [0, 0.1) is 0 Å². The molecule has 1 aliphatic carbocycles. The Morgan fingerprint density at radius 3 is 2.50 bits per heavy atom. The van der Waals surface area contributed by atoms with E-state index in [-0.39, 0.29) is 23.2 Å². The van der Waals surface area contributed by atoms with Gasteiger partial charge in [0, 0.05) is 30.4 Å². The molecule has 1 saturated carbocycles. The number of hydrogen-bond donors (Lipinski definition) is 4. The average molecular weight is 608 g/mol. The molecule has 2 aromatic carbocycles. The topological polar surface area (TPSA) is 129 Å². The number of alkyl halides is 3. The van der Waals surface area contributed by atoms with Crippen molar-refractivity contribution in [1.82, 2.24) is 15.3 Å². The summed E-state index contributed by atoms with van der Waals surface area (Å²) in [5.74, 6) is 0.886. The van der Waals surface area contributed by atoms with E-state index in [2.05, 4.69) is 20.3 Å². The van der Waals surface area contributed by atoms with Gasteiger partial charge in [-0.05, 0) is 68.3 Å². The van der Waals surface area contributed by atoms with Crippen molar-refractivity contribution in [2.45, 2.75) is 42.1 Å². The van der Waals surface area contributed by atoms with Crippen LogP contribution in [-0.2, 0) is 9.48 Å². The fraction of sp³-hybridized carbons (Fsp3) is 0.393. The Hall–Kier alpha value is -3.59. The van der Waals surface area contributed by atoms with E-state index in [1.807, 2.05) is 6.92 Å². The Morgan fingerprint density at radius 2 is 1.88 bits per heavy atom. The number of urea groups is 1. The van der Waals surface area contributed by atoms with Gasteiger partial charge in [0.25, 0.3) is 0 Å². The third-order valence-electron chi connectivity index (χ3n) is 7.25. The van der Waals surface area contributed by atoms with Crippen LogP contribution in [0.3, 0.4) is 0 Å². The van der Waals surface area contributed by atoms with E-state index < -0.39 is 34.7 Å². The van der Waals surface area contributed by atoms with Crippen LogP contribution in [0.1, 0.15) is 25.5 Å². The fourth-order valence-electron chi connectivity index (χ4n) is 4.89. The second kappa shape index (κ2) is 12.3. The predicted molar refractivity (Wildman–Crippen MR) is 153 cm³/mol. The van der Waals surface area contributed by atoms with Crippen LogP contribution in [0.15, 0.2) is 59.5 Å². The summed E-state index contributed by atoms with van der Waals surface area (Å²) in [6.45, 7) is -0.142. The number of morpholine rings is 1. The van der Waals surface area contributed by atoms with Gasteiger partial charge in [0.15, 0.2) is 5.82 Å². The summed E-state index contributed by atoms with van der Waals surface area (Å²) in [5, 5.41) is 5.02. The molecular formula is C28H32F3N5O5S. The standard InChI is InChI=1S/C28H32F3N5O5S/c1-18-17-40-15-14-36(18)24-16-23(28(10-11-28)42(38,39)22-8-6-21(7-9-22)41-26(30)31)34-25(35-24)19-2-4-20(5-3-19)33-27(37)32-13-12-29/h2-9,16,18,26,38-39H,10-15,17H2,1H3,(H2,32,33,37)/t18-/m0/s1. The zero-order chi connectivity index (χ0) is 29.9. The fourth-order valence-corrected chi connectivity index (χ4v) is 6.92. The number of carbonyl (C=O) groups excluding carboxylic acids is 1. The van der Waals surface area contributed by atoms with Crippen LogP contribution in [0.5, 0.6) is 5.75 Å². The molecule has 3 aromatic rings. The van der Waals surface area contributed by atoms with Crippen LogP contribution in [0.25, 0.3) is 11.4 Å². The van der Waals surface area contributed by atoms with Gasteiger partial charge >= 0.3 is 12.6 Å². The first-order valence-corrected chi connectivity index (χ1v) is 15.0. The van der Waals surface area contributed by atoms with Crippen LogP contribution in [0.4, 0.5) is 29.5 Å². The molecular weight excluding hydrogens is 575 g/mol. The molecule has 2 amide bonds. The highest BCUT2D eigenvalue weighted by molar-refractivity contribution is 8.25. The van der Waals surface area contributed by atoms with Gasteiger partial charge in [0.05, 0.1) is 29.8 Å². The molecule has 1 aliphatic heterocycles. The molecule has 226 valence electrons. The minimum absolute atomic E-state index is 0.0154. The lowest BCUT2D eigenvalue weighted by molar-refractivity contribution is -0.0498. The van der Waals surface area contributed by atoms with Crippen LogP contribution < -0.4 is 20.3 Å². The maximum absolute atomic E-state index is 12.6. The first-order valence-electron chi connectivity index (χ1n) is 13.4. The minimum Gasteiger partial charge on any atom is -0.435 e. The summed E-state index contributed by atoms with van der Waals surface area (Å²) in [6.07, 6.45) is 0.909. The maximum Gasteiger partial charge on any atom is 0.387 e. The zero-order valence-corrected chi connectivity index (χ0v) is 23.6. The summed E-state index contributed by atoms with van der Waals surface area (Å²) in [7, 11) is -3.47. The van der Waals surface area contributed by atoms with Crippen molar-refractivity contribution in [3.05, 3.63) is 60.3 Å². The van der Waals surface area contributed by atoms with Crippen molar-refractivity contribution < 1.29 is 36.5 Å². The number of nitrogens with one attached hydrogen (secondary N) is 2. The lowest BCUT2D eigenvalue weighted by atomic mass is 10.1. The van der Waals surface area contributed by atoms with Crippen molar-refractivity contribution >= 4 is 28.1 Å².